The van der Waals surface area contributed by atoms with Crippen molar-refractivity contribution in [1.82, 2.24) is 4.90 Å². The predicted molar refractivity (Wildman–Crippen MR) is 110 cm³/mol. The molecule has 148 valence electrons. The zero-order valence-corrected chi connectivity index (χ0v) is 16.7. The maximum absolute atomic E-state index is 12.9. The minimum Gasteiger partial charge on any atom is -0.338 e. The molecule has 4 rings (SSSR count). The number of hydrogen-bond acceptors (Lipinski definition) is 3. The van der Waals surface area contributed by atoms with E-state index in [1.54, 1.807) is 36.4 Å². The third-order valence-electron chi connectivity index (χ3n) is 6.02. The molecule has 1 heterocycles. The first-order valence-corrected chi connectivity index (χ1v) is 11.5. The number of nitrogens with one attached hydrogen (secondary N) is 1. The number of hydrogen-bond donors (Lipinski definition) is 1. The predicted octanol–water partition coefficient (Wildman–Crippen LogP) is 4.14. The Labute approximate surface area is 166 Å². The molecule has 5 nitrogen and oxygen atoms in total. The van der Waals surface area contributed by atoms with Crippen molar-refractivity contribution in [3.05, 3.63) is 60.2 Å². The number of piperidine rings is 1. The second-order valence-electron chi connectivity index (χ2n) is 7.84. The highest BCUT2D eigenvalue weighted by atomic mass is 32.2. The van der Waals surface area contributed by atoms with E-state index in [9.17, 15) is 13.2 Å². The number of anilines is 1. The van der Waals surface area contributed by atoms with Crippen LogP contribution in [0.15, 0.2) is 59.5 Å². The standard InChI is InChI=1S/C22H26N2O3S/c25-22(24-15-14-17-6-4-5-7-19(17)16-24)18-10-12-21(13-11-18)28(26,27)23-20-8-2-1-3-9-20/h1-3,8-13,17,19,23H,4-7,14-16H2/t17-,19+/m0/s1. The molecule has 6 heteroatoms. The van der Waals surface area contributed by atoms with Crippen LogP contribution in [0.25, 0.3) is 0 Å². The van der Waals surface area contributed by atoms with Gasteiger partial charge in [-0.25, -0.2) is 8.42 Å². The van der Waals surface area contributed by atoms with Gasteiger partial charge in [-0.05, 0) is 61.1 Å². The van der Waals surface area contributed by atoms with Gasteiger partial charge in [0.1, 0.15) is 0 Å². The van der Waals surface area contributed by atoms with Gasteiger partial charge in [0.05, 0.1) is 4.90 Å². The first-order valence-electron chi connectivity index (χ1n) is 10.0. The fraction of sp³-hybridized carbons (Fsp3) is 0.409. The zero-order valence-electron chi connectivity index (χ0n) is 15.9. The van der Waals surface area contributed by atoms with Crippen LogP contribution in [0, 0.1) is 11.8 Å². The van der Waals surface area contributed by atoms with E-state index < -0.39 is 10.0 Å². The summed E-state index contributed by atoms with van der Waals surface area (Å²) in [6.45, 7) is 1.63. The average molecular weight is 399 g/mol. The normalized spacial score (nSPS) is 22.4. The number of nitrogens with zero attached hydrogens (tertiary/aromatic N) is 1. The number of sulfonamides is 1. The van der Waals surface area contributed by atoms with Crippen molar-refractivity contribution in [3.8, 4) is 0 Å². The third-order valence-corrected chi connectivity index (χ3v) is 7.41. The molecule has 1 N–H and O–H groups in total. The smallest absolute Gasteiger partial charge is 0.261 e. The van der Waals surface area contributed by atoms with Crippen molar-refractivity contribution in [2.45, 2.75) is 37.0 Å². The van der Waals surface area contributed by atoms with E-state index in [-0.39, 0.29) is 10.8 Å². The van der Waals surface area contributed by atoms with E-state index in [1.165, 1.54) is 37.8 Å². The summed E-state index contributed by atoms with van der Waals surface area (Å²) in [5.41, 5.74) is 1.06. The van der Waals surface area contributed by atoms with Crippen LogP contribution < -0.4 is 4.72 Å². The summed E-state index contributed by atoms with van der Waals surface area (Å²) in [6, 6.07) is 15.0. The van der Waals surface area contributed by atoms with Crippen LogP contribution in [0.5, 0.6) is 0 Å². The van der Waals surface area contributed by atoms with Crippen LogP contribution in [-0.4, -0.2) is 32.3 Å². The van der Waals surface area contributed by atoms with E-state index in [2.05, 4.69) is 4.72 Å². The lowest BCUT2D eigenvalue weighted by atomic mass is 9.75. The Bertz CT molecular complexity index is 926. The van der Waals surface area contributed by atoms with E-state index >= 15 is 0 Å². The largest absolute Gasteiger partial charge is 0.338 e. The highest BCUT2D eigenvalue weighted by Gasteiger charge is 2.33. The van der Waals surface area contributed by atoms with Gasteiger partial charge in [0.25, 0.3) is 15.9 Å². The van der Waals surface area contributed by atoms with Crippen LogP contribution >= 0.6 is 0 Å². The van der Waals surface area contributed by atoms with Gasteiger partial charge in [0.15, 0.2) is 0 Å². The van der Waals surface area contributed by atoms with Gasteiger partial charge in [-0.3, -0.25) is 9.52 Å². The van der Waals surface area contributed by atoms with Crippen molar-refractivity contribution >= 4 is 21.6 Å². The molecule has 0 aromatic heterocycles. The summed E-state index contributed by atoms with van der Waals surface area (Å²) >= 11 is 0. The first kappa shape index (κ1) is 19.0. The SMILES string of the molecule is O=C(c1ccc(S(=O)(=O)Nc2ccccc2)cc1)N1CC[C@@H]2CCCC[C@@H]2C1. The van der Waals surface area contributed by atoms with Crippen LogP contribution in [0.1, 0.15) is 42.5 Å². The zero-order chi connectivity index (χ0) is 19.6. The van der Waals surface area contributed by atoms with Crippen LogP contribution in [0.2, 0.25) is 0 Å². The van der Waals surface area contributed by atoms with Crippen molar-refractivity contribution in [2.75, 3.05) is 17.8 Å². The Balaban J connectivity index is 1.44. The van der Waals surface area contributed by atoms with Crippen molar-refractivity contribution in [1.29, 1.82) is 0 Å². The minimum absolute atomic E-state index is 0.00369. The highest BCUT2D eigenvalue weighted by Crippen LogP contribution is 2.36. The van der Waals surface area contributed by atoms with Gasteiger partial charge in [-0.1, -0.05) is 37.5 Å². The van der Waals surface area contributed by atoms with Gasteiger partial charge in [-0.15, -0.1) is 0 Å². The Morgan fingerprint density at radius 2 is 1.57 bits per heavy atom. The molecule has 2 atom stereocenters. The molecular formula is C22H26N2O3S. The molecule has 1 amide bonds. The van der Waals surface area contributed by atoms with Crippen LogP contribution in [-0.2, 0) is 10.0 Å². The number of amides is 1. The summed E-state index contributed by atoms with van der Waals surface area (Å²) < 4.78 is 27.6. The number of para-hydroxylation sites is 1. The number of carbonyl (C=O) groups is 1. The third kappa shape index (κ3) is 4.07. The molecule has 1 saturated carbocycles. The lowest BCUT2D eigenvalue weighted by Crippen LogP contribution is -2.44. The fourth-order valence-corrected chi connectivity index (χ4v) is 5.52. The van der Waals surface area contributed by atoms with E-state index in [1.807, 2.05) is 11.0 Å². The monoisotopic (exact) mass is 398 g/mol. The maximum atomic E-state index is 12.9. The van der Waals surface area contributed by atoms with Gasteiger partial charge in [-0.2, -0.15) is 0 Å². The topological polar surface area (TPSA) is 66.5 Å². The van der Waals surface area contributed by atoms with Gasteiger partial charge in [0, 0.05) is 24.3 Å². The molecule has 1 aliphatic carbocycles. The first-order chi connectivity index (χ1) is 13.5. The summed E-state index contributed by atoms with van der Waals surface area (Å²) in [6.07, 6.45) is 6.19. The van der Waals surface area contributed by atoms with Crippen LogP contribution in [0.4, 0.5) is 5.69 Å². The molecule has 1 saturated heterocycles. The molecule has 0 radical (unpaired) electrons. The lowest BCUT2D eigenvalue weighted by molar-refractivity contribution is 0.0521. The fourth-order valence-electron chi connectivity index (χ4n) is 4.46. The molecule has 1 aliphatic heterocycles. The molecule has 2 aliphatic rings. The molecular weight excluding hydrogens is 372 g/mol. The molecule has 0 spiro atoms. The number of likely N-dealkylation sites (tertiary alicyclic amines) is 1. The molecule has 2 fully saturated rings. The lowest BCUT2D eigenvalue weighted by Gasteiger charge is -2.41. The minimum atomic E-state index is -3.67. The molecule has 2 aromatic rings. The molecule has 0 unspecified atom stereocenters. The summed E-state index contributed by atoms with van der Waals surface area (Å²) in [5, 5.41) is 0. The van der Waals surface area contributed by atoms with E-state index in [0.29, 0.717) is 17.2 Å². The number of carbonyl (C=O) groups excluding carboxylic acids is 1. The summed E-state index contributed by atoms with van der Waals surface area (Å²) in [4.78, 5) is 15.0. The summed E-state index contributed by atoms with van der Waals surface area (Å²) in [5.74, 6) is 1.40. The van der Waals surface area contributed by atoms with Crippen molar-refractivity contribution in [2.24, 2.45) is 11.8 Å². The molecule has 28 heavy (non-hydrogen) atoms. The Morgan fingerprint density at radius 1 is 0.893 bits per heavy atom. The maximum Gasteiger partial charge on any atom is 0.261 e. The number of rotatable bonds is 4. The second-order valence-corrected chi connectivity index (χ2v) is 9.52. The van der Waals surface area contributed by atoms with Gasteiger partial charge in [0.2, 0.25) is 0 Å². The highest BCUT2D eigenvalue weighted by molar-refractivity contribution is 7.92. The van der Waals surface area contributed by atoms with E-state index in [0.717, 1.165) is 25.4 Å². The average Bonchev–Trinajstić information content (AvgIpc) is 2.73. The number of fused-ring (bicyclic) bond motifs is 1. The van der Waals surface area contributed by atoms with E-state index in [4.69, 9.17) is 0 Å². The van der Waals surface area contributed by atoms with Crippen LogP contribution in [0.3, 0.4) is 0 Å². The number of benzene rings is 2. The van der Waals surface area contributed by atoms with Crippen molar-refractivity contribution < 1.29 is 13.2 Å². The van der Waals surface area contributed by atoms with Gasteiger partial charge >= 0.3 is 0 Å². The summed E-state index contributed by atoms with van der Waals surface area (Å²) in [7, 11) is -3.67. The van der Waals surface area contributed by atoms with Crippen molar-refractivity contribution in [3.63, 3.8) is 0 Å². The molecule has 2 aromatic carbocycles. The Kier molecular flexibility index (Phi) is 5.40. The Hall–Kier alpha value is -2.34. The molecule has 0 bridgehead atoms. The Morgan fingerprint density at radius 3 is 2.29 bits per heavy atom. The van der Waals surface area contributed by atoms with Gasteiger partial charge < -0.3 is 4.90 Å². The quantitative estimate of drug-likeness (QED) is 0.842. The second kappa shape index (κ2) is 7.95.